The fourth-order valence-electron chi connectivity index (χ4n) is 2.92. The summed E-state index contributed by atoms with van der Waals surface area (Å²) in [5.74, 6) is 1.31. The van der Waals surface area contributed by atoms with Crippen LogP contribution in [-0.4, -0.2) is 48.8 Å². The summed E-state index contributed by atoms with van der Waals surface area (Å²) in [5.41, 5.74) is 0. The number of thioether (sulfide) groups is 1. The summed E-state index contributed by atoms with van der Waals surface area (Å²) in [6.45, 7) is 4.47. The highest BCUT2D eigenvalue weighted by atomic mass is 35.5. The predicted molar refractivity (Wildman–Crippen MR) is 86.8 cm³/mol. The third kappa shape index (κ3) is 5.80. The van der Waals surface area contributed by atoms with Gasteiger partial charge in [-0.2, -0.15) is 11.8 Å². The van der Waals surface area contributed by atoms with Gasteiger partial charge in [-0.25, -0.2) is 0 Å². The van der Waals surface area contributed by atoms with Crippen LogP contribution in [0, 0.1) is 0 Å². The molecule has 0 spiro atoms. The Morgan fingerprint density at radius 3 is 2.90 bits per heavy atom. The van der Waals surface area contributed by atoms with Crippen LogP contribution in [0.3, 0.4) is 0 Å². The fourth-order valence-corrected chi connectivity index (χ4v) is 4.11. The molecule has 0 aromatic heterocycles. The molecule has 2 fully saturated rings. The minimum atomic E-state index is 0. The molecule has 3 atom stereocenters. The van der Waals surface area contributed by atoms with Gasteiger partial charge in [0, 0.05) is 30.3 Å². The van der Waals surface area contributed by atoms with Gasteiger partial charge in [-0.1, -0.05) is 19.8 Å². The van der Waals surface area contributed by atoms with Crippen LogP contribution in [0.1, 0.15) is 39.0 Å². The zero-order valence-corrected chi connectivity index (χ0v) is 13.9. The van der Waals surface area contributed by atoms with Gasteiger partial charge >= 0.3 is 0 Å². The summed E-state index contributed by atoms with van der Waals surface area (Å²) in [6.07, 6.45) is 5.48. The number of amides is 1. The van der Waals surface area contributed by atoms with Crippen LogP contribution < -0.4 is 10.6 Å². The molecule has 0 aromatic carbocycles. The van der Waals surface area contributed by atoms with E-state index in [2.05, 4.69) is 17.6 Å². The van der Waals surface area contributed by atoms with Crippen molar-refractivity contribution in [3.05, 3.63) is 0 Å². The minimum Gasteiger partial charge on any atom is -0.378 e. The van der Waals surface area contributed by atoms with Crippen molar-refractivity contribution in [3.8, 4) is 0 Å². The molecule has 20 heavy (non-hydrogen) atoms. The molecule has 3 unspecified atom stereocenters. The van der Waals surface area contributed by atoms with Gasteiger partial charge in [-0.3, -0.25) is 4.79 Å². The molecule has 1 heterocycles. The Morgan fingerprint density at radius 2 is 2.20 bits per heavy atom. The van der Waals surface area contributed by atoms with E-state index in [-0.39, 0.29) is 24.4 Å². The minimum absolute atomic E-state index is 0. The number of carbonyl (C=O) groups excluding carboxylic acids is 1. The molecule has 2 rings (SSSR count). The highest BCUT2D eigenvalue weighted by Gasteiger charge is 2.27. The number of halogens is 1. The normalized spacial score (nSPS) is 30.4. The lowest BCUT2D eigenvalue weighted by atomic mass is 9.94. The first-order valence-corrected chi connectivity index (χ1v) is 8.56. The van der Waals surface area contributed by atoms with Gasteiger partial charge < -0.3 is 15.4 Å². The summed E-state index contributed by atoms with van der Waals surface area (Å²) >= 11 is 1.99. The Morgan fingerprint density at radius 1 is 1.40 bits per heavy atom. The summed E-state index contributed by atoms with van der Waals surface area (Å²) in [6, 6.07) is 0.560. The molecule has 2 aliphatic rings. The molecule has 0 radical (unpaired) electrons. The average molecular weight is 323 g/mol. The van der Waals surface area contributed by atoms with E-state index in [4.69, 9.17) is 4.74 Å². The third-order valence-electron chi connectivity index (χ3n) is 3.86. The van der Waals surface area contributed by atoms with Gasteiger partial charge in [-0.15, -0.1) is 12.4 Å². The smallest absolute Gasteiger partial charge is 0.221 e. The highest BCUT2D eigenvalue weighted by molar-refractivity contribution is 7.99. The molecule has 2 N–H and O–H groups in total. The second kappa shape index (κ2) is 9.87. The molecule has 0 bridgehead atoms. The van der Waals surface area contributed by atoms with Crippen LogP contribution in [0.4, 0.5) is 0 Å². The molecule has 118 valence electrons. The Labute approximate surface area is 132 Å². The predicted octanol–water partition coefficient (Wildman–Crippen LogP) is 1.97. The Bertz CT molecular complexity index is 286. The van der Waals surface area contributed by atoms with E-state index in [1.54, 1.807) is 0 Å². The zero-order chi connectivity index (χ0) is 13.5. The third-order valence-corrected chi connectivity index (χ3v) is 5.19. The number of hydrogen-bond acceptors (Lipinski definition) is 4. The van der Waals surface area contributed by atoms with Crippen LogP contribution in [-0.2, 0) is 9.53 Å². The molecule has 4 nitrogen and oxygen atoms in total. The standard InChI is InChI=1S/C14H26N2O2S.ClH/c1-2-19-13-6-4-3-5-12(13)16-14(17)9-11-10-18-8-7-15-11;/h11-13,15H,2-10H2,1H3,(H,16,17);1H. The van der Waals surface area contributed by atoms with E-state index in [0.29, 0.717) is 24.3 Å². The summed E-state index contributed by atoms with van der Waals surface area (Å²) in [5, 5.41) is 7.19. The van der Waals surface area contributed by atoms with Crippen LogP contribution in [0.25, 0.3) is 0 Å². The lowest BCUT2D eigenvalue weighted by Gasteiger charge is -2.32. The van der Waals surface area contributed by atoms with Crippen LogP contribution in [0.2, 0.25) is 0 Å². The first-order valence-electron chi connectivity index (χ1n) is 7.51. The van der Waals surface area contributed by atoms with Crippen LogP contribution in [0.5, 0.6) is 0 Å². The first-order chi connectivity index (χ1) is 9.29. The van der Waals surface area contributed by atoms with Crippen molar-refractivity contribution in [2.24, 2.45) is 0 Å². The molecule has 1 aliphatic carbocycles. The zero-order valence-electron chi connectivity index (χ0n) is 12.2. The topological polar surface area (TPSA) is 50.4 Å². The second-order valence-corrected chi connectivity index (χ2v) is 6.90. The Hall–Kier alpha value is 0.0300. The summed E-state index contributed by atoms with van der Waals surface area (Å²) in [7, 11) is 0. The van der Waals surface area contributed by atoms with Crippen LogP contribution in [0.15, 0.2) is 0 Å². The maximum Gasteiger partial charge on any atom is 0.221 e. The highest BCUT2D eigenvalue weighted by Crippen LogP contribution is 2.28. The first kappa shape index (κ1) is 18.1. The van der Waals surface area contributed by atoms with Gasteiger partial charge in [0.05, 0.1) is 13.2 Å². The molecule has 1 aliphatic heterocycles. The van der Waals surface area contributed by atoms with Crippen molar-refractivity contribution in [1.82, 2.24) is 10.6 Å². The van der Waals surface area contributed by atoms with E-state index in [1.807, 2.05) is 11.8 Å². The SMILES string of the molecule is CCSC1CCCCC1NC(=O)CC1COCCN1.Cl. The van der Waals surface area contributed by atoms with E-state index < -0.39 is 0 Å². The van der Waals surface area contributed by atoms with Gasteiger partial charge in [0.2, 0.25) is 5.91 Å². The Balaban J connectivity index is 0.00000200. The van der Waals surface area contributed by atoms with Gasteiger partial charge in [-0.05, 0) is 18.6 Å². The van der Waals surface area contributed by atoms with Crippen molar-refractivity contribution in [3.63, 3.8) is 0 Å². The van der Waals surface area contributed by atoms with Crippen molar-refractivity contribution in [2.75, 3.05) is 25.5 Å². The lowest BCUT2D eigenvalue weighted by molar-refractivity contribution is -0.123. The Kier molecular flexibility index (Phi) is 8.93. The van der Waals surface area contributed by atoms with Crippen LogP contribution >= 0.6 is 24.2 Å². The van der Waals surface area contributed by atoms with E-state index in [0.717, 1.165) is 25.3 Å². The molecule has 1 saturated carbocycles. The van der Waals surface area contributed by atoms with Gasteiger partial charge in [0.15, 0.2) is 0 Å². The molecule has 6 heteroatoms. The quantitative estimate of drug-likeness (QED) is 0.812. The molecule has 0 aromatic rings. The molecule has 1 saturated heterocycles. The van der Waals surface area contributed by atoms with Crippen molar-refractivity contribution < 1.29 is 9.53 Å². The average Bonchev–Trinajstić information content (AvgIpc) is 2.42. The second-order valence-electron chi connectivity index (χ2n) is 5.38. The number of nitrogens with one attached hydrogen (secondary N) is 2. The monoisotopic (exact) mass is 322 g/mol. The number of hydrogen-bond donors (Lipinski definition) is 2. The summed E-state index contributed by atoms with van der Waals surface area (Å²) < 4.78 is 5.39. The number of morpholine rings is 1. The largest absolute Gasteiger partial charge is 0.378 e. The van der Waals surface area contributed by atoms with Crippen molar-refractivity contribution in [2.45, 2.75) is 56.4 Å². The van der Waals surface area contributed by atoms with Crippen molar-refractivity contribution in [1.29, 1.82) is 0 Å². The number of carbonyl (C=O) groups is 1. The van der Waals surface area contributed by atoms with Gasteiger partial charge in [0.25, 0.3) is 0 Å². The van der Waals surface area contributed by atoms with Gasteiger partial charge in [0.1, 0.15) is 0 Å². The maximum atomic E-state index is 12.1. The molecular formula is C14H27ClN2O2S. The van der Waals surface area contributed by atoms with E-state index >= 15 is 0 Å². The fraction of sp³-hybridized carbons (Fsp3) is 0.929. The lowest BCUT2D eigenvalue weighted by Crippen LogP contribution is -2.48. The number of ether oxygens (including phenoxy) is 1. The van der Waals surface area contributed by atoms with E-state index in [9.17, 15) is 4.79 Å². The van der Waals surface area contributed by atoms with E-state index in [1.165, 1.54) is 19.3 Å². The number of rotatable bonds is 5. The molecular weight excluding hydrogens is 296 g/mol. The maximum absolute atomic E-state index is 12.1. The molecule has 1 amide bonds. The summed E-state index contributed by atoms with van der Waals surface area (Å²) in [4.78, 5) is 12.1. The van der Waals surface area contributed by atoms with Crippen molar-refractivity contribution >= 4 is 30.1 Å².